The van der Waals surface area contributed by atoms with Crippen LogP contribution in [0, 0.1) is 5.92 Å². The van der Waals surface area contributed by atoms with Crippen LogP contribution < -0.4 is 16.4 Å². The van der Waals surface area contributed by atoms with E-state index in [1.54, 1.807) is 43.3 Å². The lowest BCUT2D eigenvalue weighted by atomic mass is 10.1. The van der Waals surface area contributed by atoms with Crippen LogP contribution in [0.1, 0.15) is 25.8 Å². The largest absolute Gasteiger partial charge is 0.280 e. The van der Waals surface area contributed by atoms with Crippen LogP contribution >= 0.6 is 0 Å². The van der Waals surface area contributed by atoms with E-state index in [-0.39, 0.29) is 29.4 Å². The van der Waals surface area contributed by atoms with Gasteiger partial charge in [-0.3, -0.25) is 29.8 Å². The summed E-state index contributed by atoms with van der Waals surface area (Å²) < 4.78 is 24.4. The van der Waals surface area contributed by atoms with Crippen LogP contribution in [-0.4, -0.2) is 41.3 Å². The highest BCUT2D eigenvalue weighted by molar-refractivity contribution is 7.91. The van der Waals surface area contributed by atoms with Gasteiger partial charge >= 0.3 is 0 Å². The summed E-state index contributed by atoms with van der Waals surface area (Å²) in [5.41, 5.74) is 5.51. The number of hydrazine groups is 1. The quantitative estimate of drug-likeness (QED) is 0.548. The molecule has 0 spiro atoms. The monoisotopic (exact) mass is 468 g/mol. The molecule has 3 aromatic rings. The summed E-state index contributed by atoms with van der Waals surface area (Å²) in [6.45, 7) is 1.55. The average molecular weight is 469 g/mol. The third-order valence-electron chi connectivity index (χ3n) is 5.73. The maximum atomic E-state index is 13.3. The van der Waals surface area contributed by atoms with Gasteiger partial charge in [-0.1, -0.05) is 42.5 Å². The minimum Gasteiger partial charge on any atom is -0.280 e. The molecule has 9 nitrogen and oxygen atoms in total. The molecule has 2 atom stereocenters. The molecule has 1 saturated heterocycles. The predicted molar refractivity (Wildman–Crippen MR) is 124 cm³/mol. The zero-order chi connectivity index (χ0) is 23.6. The molecule has 2 N–H and O–H groups in total. The van der Waals surface area contributed by atoms with Crippen molar-refractivity contribution in [1.82, 2.24) is 20.4 Å². The number of nitrogens with zero attached hydrogens (tertiary/aromatic N) is 2. The maximum Gasteiger partial charge on any atom is 0.262 e. The number of fused-ring (bicyclic) bond motifs is 1. The Labute approximate surface area is 190 Å². The molecule has 33 heavy (non-hydrogen) atoms. The van der Waals surface area contributed by atoms with Gasteiger partial charge in [0.05, 0.1) is 22.4 Å². The van der Waals surface area contributed by atoms with Crippen molar-refractivity contribution < 1.29 is 18.0 Å². The number of sulfone groups is 1. The van der Waals surface area contributed by atoms with Crippen LogP contribution in [0.4, 0.5) is 0 Å². The molecule has 1 aromatic heterocycles. The minimum absolute atomic E-state index is 0.000630. The fourth-order valence-electron chi connectivity index (χ4n) is 4.00. The highest BCUT2D eigenvalue weighted by Gasteiger charge is 2.30. The fourth-order valence-corrected chi connectivity index (χ4v) is 5.86. The van der Waals surface area contributed by atoms with Gasteiger partial charge in [-0.05, 0) is 31.4 Å². The first kappa shape index (κ1) is 22.7. The van der Waals surface area contributed by atoms with E-state index in [4.69, 9.17) is 0 Å². The van der Waals surface area contributed by atoms with E-state index in [2.05, 4.69) is 15.8 Å². The van der Waals surface area contributed by atoms with Crippen LogP contribution in [0.3, 0.4) is 0 Å². The van der Waals surface area contributed by atoms with Crippen LogP contribution in [0.15, 0.2) is 59.4 Å². The SMILES string of the molecule is C[C@@H](C(=O)NNC(=O)C[C@H]1CCS(=O)(=O)C1)n1c(-c2ccccc2)nc2ccccc2c1=O. The Bertz CT molecular complexity index is 1370. The molecule has 0 bridgehead atoms. The lowest BCUT2D eigenvalue weighted by molar-refractivity contribution is -0.130. The summed E-state index contributed by atoms with van der Waals surface area (Å²) in [6, 6.07) is 15.0. The smallest absolute Gasteiger partial charge is 0.262 e. The van der Waals surface area contributed by atoms with Crippen molar-refractivity contribution in [2.24, 2.45) is 5.92 Å². The van der Waals surface area contributed by atoms with Crippen LogP contribution in [0.25, 0.3) is 22.3 Å². The third-order valence-corrected chi connectivity index (χ3v) is 7.57. The van der Waals surface area contributed by atoms with E-state index in [0.29, 0.717) is 28.7 Å². The summed E-state index contributed by atoms with van der Waals surface area (Å²) in [7, 11) is -3.09. The number of carbonyl (C=O) groups is 2. The molecule has 0 aliphatic carbocycles. The number of benzene rings is 2. The van der Waals surface area contributed by atoms with Gasteiger partial charge in [0.25, 0.3) is 11.5 Å². The lowest BCUT2D eigenvalue weighted by Gasteiger charge is -2.20. The Morgan fingerprint density at radius 1 is 1.09 bits per heavy atom. The summed E-state index contributed by atoms with van der Waals surface area (Å²) in [5, 5.41) is 0.378. The normalized spacial score (nSPS) is 18.0. The summed E-state index contributed by atoms with van der Waals surface area (Å²) in [6.07, 6.45) is 0.430. The van der Waals surface area contributed by atoms with Crippen LogP contribution in [0.5, 0.6) is 0 Å². The molecule has 2 heterocycles. The van der Waals surface area contributed by atoms with Gasteiger partial charge in [0.2, 0.25) is 5.91 Å². The van der Waals surface area contributed by atoms with Crippen molar-refractivity contribution in [1.29, 1.82) is 0 Å². The molecule has 1 aliphatic rings. The molecule has 0 saturated carbocycles. The molecule has 4 rings (SSSR count). The zero-order valence-corrected chi connectivity index (χ0v) is 18.8. The number of rotatable bonds is 5. The molecule has 1 fully saturated rings. The van der Waals surface area contributed by atoms with Gasteiger partial charge in [0.1, 0.15) is 11.9 Å². The highest BCUT2D eigenvalue weighted by Crippen LogP contribution is 2.23. The van der Waals surface area contributed by atoms with Crippen LogP contribution in [-0.2, 0) is 19.4 Å². The minimum atomic E-state index is -3.09. The van der Waals surface area contributed by atoms with E-state index in [0.717, 1.165) is 0 Å². The number of para-hydroxylation sites is 1. The number of aromatic nitrogens is 2. The van der Waals surface area contributed by atoms with Gasteiger partial charge in [-0.15, -0.1) is 0 Å². The third kappa shape index (κ3) is 4.95. The molecular weight excluding hydrogens is 444 g/mol. The van der Waals surface area contributed by atoms with Crippen molar-refractivity contribution in [3.8, 4) is 11.4 Å². The van der Waals surface area contributed by atoms with Crippen molar-refractivity contribution in [3.05, 3.63) is 65.0 Å². The van der Waals surface area contributed by atoms with E-state index in [1.807, 2.05) is 18.2 Å². The average Bonchev–Trinajstić information content (AvgIpc) is 3.15. The van der Waals surface area contributed by atoms with Crippen molar-refractivity contribution in [2.45, 2.75) is 25.8 Å². The summed E-state index contributed by atoms with van der Waals surface area (Å²) >= 11 is 0. The van der Waals surface area contributed by atoms with Crippen LogP contribution in [0.2, 0.25) is 0 Å². The Kier molecular flexibility index (Phi) is 6.28. The zero-order valence-electron chi connectivity index (χ0n) is 18.0. The number of nitrogens with one attached hydrogen (secondary N) is 2. The number of hydrogen-bond donors (Lipinski definition) is 2. The Hall–Kier alpha value is -3.53. The van der Waals surface area contributed by atoms with E-state index < -0.39 is 27.7 Å². The molecule has 0 radical (unpaired) electrons. The molecule has 0 unspecified atom stereocenters. The molecular formula is C23H24N4O5S. The predicted octanol–water partition coefficient (Wildman–Crippen LogP) is 1.60. The van der Waals surface area contributed by atoms with Gasteiger partial charge in [0.15, 0.2) is 9.84 Å². The summed E-state index contributed by atoms with van der Waals surface area (Å²) in [4.78, 5) is 43.0. The highest BCUT2D eigenvalue weighted by atomic mass is 32.2. The molecule has 1 aliphatic heterocycles. The van der Waals surface area contributed by atoms with Crippen molar-refractivity contribution >= 4 is 32.6 Å². The van der Waals surface area contributed by atoms with E-state index in [9.17, 15) is 22.8 Å². The van der Waals surface area contributed by atoms with E-state index in [1.165, 1.54) is 4.57 Å². The molecule has 2 aromatic carbocycles. The van der Waals surface area contributed by atoms with E-state index >= 15 is 0 Å². The number of amides is 2. The first-order valence-corrected chi connectivity index (χ1v) is 12.4. The standard InChI is InChI=1S/C23H24N4O5S/c1-15(22(29)26-25-20(28)13-16-11-12-33(31,32)14-16)27-21(17-7-3-2-4-8-17)24-19-10-6-5-9-18(19)23(27)30/h2-10,15-16H,11-14H2,1H3,(H,25,28)(H,26,29)/t15-,16+/m0/s1. The number of carbonyl (C=O) groups excluding carboxylic acids is 2. The fraction of sp³-hybridized carbons (Fsp3) is 0.304. The first-order chi connectivity index (χ1) is 15.7. The second-order valence-corrected chi connectivity index (χ2v) is 10.4. The second kappa shape index (κ2) is 9.14. The lowest BCUT2D eigenvalue weighted by Crippen LogP contribution is -2.46. The Morgan fingerprint density at radius 2 is 1.79 bits per heavy atom. The molecule has 2 amide bonds. The van der Waals surface area contributed by atoms with Gasteiger partial charge in [0, 0.05) is 12.0 Å². The topological polar surface area (TPSA) is 127 Å². The summed E-state index contributed by atoms with van der Waals surface area (Å²) in [5.74, 6) is -0.952. The van der Waals surface area contributed by atoms with Crippen molar-refractivity contribution in [3.63, 3.8) is 0 Å². The maximum absolute atomic E-state index is 13.3. The Balaban J connectivity index is 1.56. The number of hydrogen-bond acceptors (Lipinski definition) is 6. The van der Waals surface area contributed by atoms with Gasteiger partial charge in [-0.2, -0.15) is 0 Å². The van der Waals surface area contributed by atoms with Gasteiger partial charge in [-0.25, -0.2) is 13.4 Å². The van der Waals surface area contributed by atoms with Gasteiger partial charge < -0.3 is 0 Å². The van der Waals surface area contributed by atoms with Crippen molar-refractivity contribution in [2.75, 3.05) is 11.5 Å². The molecule has 10 heteroatoms. The Morgan fingerprint density at radius 3 is 2.48 bits per heavy atom. The first-order valence-electron chi connectivity index (χ1n) is 10.6. The second-order valence-electron chi connectivity index (χ2n) is 8.18. The molecule has 172 valence electrons.